The summed E-state index contributed by atoms with van der Waals surface area (Å²) in [5.74, 6) is -0.754. The molecule has 356 valence electrons. The Morgan fingerprint density at radius 3 is 2.38 bits per heavy atom. The van der Waals surface area contributed by atoms with E-state index in [4.69, 9.17) is 18.7 Å². The maximum absolute atomic E-state index is 12.9. The Bertz CT molecular complexity index is 1980. The molecule has 12 N–H and O–H groups in total. The minimum atomic E-state index is -5.75. The van der Waals surface area contributed by atoms with Gasteiger partial charge in [-0.1, -0.05) is 6.42 Å². The number of aliphatic hydroxyl groups excluding tert-OH is 4. The van der Waals surface area contributed by atoms with Crippen molar-refractivity contribution in [3.05, 3.63) is 33.1 Å². The molecule has 4 amide bonds. The number of ether oxygens (including phenoxy) is 3. The van der Waals surface area contributed by atoms with Crippen LogP contribution in [0.25, 0.3) is 0 Å². The molecular weight excluding hydrogens is 908 g/mol. The van der Waals surface area contributed by atoms with Crippen LogP contribution in [0.4, 0.5) is 4.79 Å². The number of unbranched alkanes of at least 4 members (excludes halogenated alkanes) is 3. The third kappa shape index (κ3) is 14.6. The first-order valence-electron chi connectivity index (χ1n) is 19.9. The van der Waals surface area contributed by atoms with Crippen molar-refractivity contribution in [3.8, 4) is 0 Å². The molecule has 4 aliphatic rings. The van der Waals surface area contributed by atoms with E-state index in [-0.39, 0.29) is 43.5 Å². The van der Waals surface area contributed by atoms with Crippen LogP contribution in [0.3, 0.4) is 0 Å². The smallest absolute Gasteiger partial charge is 0.466 e. The molecule has 0 aliphatic carbocycles. The first-order chi connectivity index (χ1) is 29.7. The number of fused-ring (bicyclic) bond motifs is 1. The predicted molar refractivity (Wildman–Crippen MR) is 213 cm³/mol. The molecule has 27 nitrogen and oxygen atoms in total. The van der Waals surface area contributed by atoms with Crippen LogP contribution < -0.4 is 38.1 Å². The number of aliphatic hydroxyl groups is 4. The zero-order chi connectivity index (χ0) is 46.1. The van der Waals surface area contributed by atoms with E-state index in [2.05, 4.69) is 35.6 Å². The second kappa shape index (κ2) is 22.7. The van der Waals surface area contributed by atoms with E-state index in [1.807, 2.05) is 16.7 Å². The van der Waals surface area contributed by atoms with Crippen molar-refractivity contribution < 1.29 is 86.1 Å². The van der Waals surface area contributed by atoms with Crippen molar-refractivity contribution in [1.29, 1.82) is 0 Å². The second-order valence-corrected chi connectivity index (χ2v) is 19.3. The van der Waals surface area contributed by atoms with Gasteiger partial charge in [-0.05, 0) is 32.1 Å². The van der Waals surface area contributed by atoms with Gasteiger partial charge in [0.15, 0.2) is 12.5 Å². The predicted octanol–water partition coefficient (Wildman–Crippen LogP) is -3.19. The molecule has 4 fully saturated rings. The monoisotopic (exact) mass is 961 g/mol. The van der Waals surface area contributed by atoms with Crippen molar-refractivity contribution in [2.45, 2.75) is 131 Å². The van der Waals surface area contributed by atoms with Gasteiger partial charge in [-0.3, -0.25) is 43.2 Å². The lowest BCUT2D eigenvalue weighted by Gasteiger charge is -2.42. The molecule has 5 rings (SSSR count). The molecule has 1 aromatic rings. The maximum Gasteiger partial charge on any atom is 0.483 e. The van der Waals surface area contributed by atoms with Gasteiger partial charge in [0.1, 0.15) is 42.7 Å². The number of hydrogen-bond acceptors (Lipinski definition) is 20. The SMILES string of the molecule is CC(=O)N[C@H]1[C@@H](OP(=O)(O)OP(=O)(O)OC[C@H]2O[C@@H](n3ccc(=O)[nH]c3=O)[C@H](O)[C@@H]2O)O[C@H](CNNC(=O)CCCCCOC(=O)CCCC[C@@H]2SC[C@@H]3NC(=O)N[C@@H]32)[C@H](O)[C@@H]1O. The van der Waals surface area contributed by atoms with Crippen molar-refractivity contribution in [1.82, 2.24) is 36.4 Å². The van der Waals surface area contributed by atoms with Gasteiger partial charge in [0, 0.05) is 49.6 Å². The van der Waals surface area contributed by atoms with Gasteiger partial charge in [-0.25, -0.2) is 24.1 Å². The van der Waals surface area contributed by atoms with Gasteiger partial charge in [0.05, 0.1) is 25.3 Å². The van der Waals surface area contributed by atoms with E-state index < -0.39 is 107 Å². The van der Waals surface area contributed by atoms with Crippen LogP contribution in [0.15, 0.2) is 21.9 Å². The molecule has 0 saturated carbocycles. The molecule has 14 atom stereocenters. The number of amides is 4. The van der Waals surface area contributed by atoms with Crippen LogP contribution in [0, 0.1) is 0 Å². The average molecular weight is 962 g/mol. The van der Waals surface area contributed by atoms with Crippen LogP contribution in [0.5, 0.6) is 0 Å². The van der Waals surface area contributed by atoms with E-state index in [1.165, 1.54) is 0 Å². The number of thioether (sulfide) groups is 1. The number of phosphoric ester groups is 2. The van der Waals surface area contributed by atoms with Gasteiger partial charge in [0.25, 0.3) is 5.56 Å². The van der Waals surface area contributed by atoms with Gasteiger partial charge in [0.2, 0.25) is 11.8 Å². The summed E-state index contributed by atoms with van der Waals surface area (Å²) in [4.78, 5) is 93.9. The molecule has 0 spiro atoms. The summed E-state index contributed by atoms with van der Waals surface area (Å²) in [6.07, 6.45) is -9.08. The van der Waals surface area contributed by atoms with E-state index in [0.29, 0.717) is 30.9 Å². The summed E-state index contributed by atoms with van der Waals surface area (Å²) in [5.41, 5.74) is 3.07. The van der Waals surface area contributed by atoms with E-state index in [0.717, 1.165) is 42.3 Å². The number of aromatic nitrogens is 2. The third-order valence-corrected chi connectivity index (χ3v) is 14.4. The van der Waals surface area contributed by atoms with Gasteiger partial charge < -0.3 is 60.4 Å². The Hall–Kier alpha value is -3.31. The van der Waals surface area contributed by atoms with Crippen molar-refractivity contribution in [3.63, 3.8) is 0 Å². The Labute approximate surface area is 362 Å². The summed E-state index contributed by atoms with van der Waals surface area (Å²) >= 11 is 1.81. The summed E-state index contributed by atoms with van der Waals surface area (Å²) < 4.78 is 56.3. The third-order valence-electron chi connectivity index (χ3n) is 10.3. The highest BCUT2D eigenvalue weighted by Crippen LogP contribution is 2.61. The highest BCUT2D eigenvalue weighted by molar-refractivity contribution is 8.00. The zero-order valence-electron chi connectivity index (χ0n) is 33.7. The van der Waals surface area contributed by atoms with Gasteiger partial charge in [-0.2, -0.15) is 16.1 Å². The van der Waals surface area contributed by atoms with Gasteiger partial charge in [-0.15, -0.1) is 0 Å². The molecule has 0 bridgehead atoms. The molecule has 1 aromatic heterocycles. The number of carbonyl (C=O) groups is 4. The Morgan fingerprint density at radius 2 is 1.65 bits per heavy atom. The Kier molecular flexibility index (Phi) is 18.3. The van der Waals surface area contributed by atoms with Crippen LogP contribution in [-0.2, 0) is 51.1 Å². The maximum atomic E-state index is 12.9. The quantitative estimate of drug-likeness (QED) is 0.0169. The van der Waals surface area contributed by atoms with Gasteiger partial charge >= 0.3 is 33.3 Å². The normalized spacial score (nSPS) is 32.1. The fourth-order valence-corrected chi connectivity index (χ4v) is 10.9. The standard InChI is InChI=1S/C33H53N7O20P2S/c1-16(41)35-25-28(47)26(45)18(13-34-39-22(43)8-3-2-6-12-55-23(44)9-5-4-7-20-24-17(15-63-20)36-32(49)38-24)58-31(25)59-62(53,54)60-61(51,52)56-14-19-27(46)29(48)30(57-19)40-11-10-21(42)37-33(40)50/h10-11,17-20,24-31,34,45-48H,2-9,12-15H2,1H3,(H,35,41)(H,39,43)(H,51,52)(H,53,54)(H2,36,38,49)(H,37,42,50)/t17-,18+,19+,20-,24-,25+,26-,27+,28+,29+,30+,31+/m0/s1. The number of hydrogen-bond donors (Lipinski definition) is 12. The van der Waals surface area contributed by atoms with Crippen LogP contribution in [-0.4, -0.2) is 155 Å². The zero-order valence-corrected chi connectivity index (χ0v) is 36.3. The van der Waals surface area contributed by atoms with Crippen molar-refractivity contribution in [2.24, 2.45) is 0 Å². The largest absolute Gasteiger partial charge is 0.483 e. The Balaban J connectivity index is 0.996. The lowest BCUT2D eigenvalue weighted by atomic mass is 9.96. The molecule has 30 heteroatoms. The second-order valence-electron chi connectivity index (χ2n) is 15.1. The minimum Gasteiger partial charge on any atom is -0.466 e. The fourth-order valence-electron chi connectivity index (χ4n) is 7.17. The minimum absolute atomic E-state index is 0.0431. The van der Waals surface area contributed by atoms with Crippen LogP contribution in [0.1, 0.15) is 64.5 Å². The fraction of sp³-hybridized carbons (Fsp3) is 0.758. The van der Waals surface area contributed by atoms with E-state index in [1.54, 1.807) is 0 Å². The van der Waals surface area contributed by atoms with E-state index >= 15 is 0 Å². The number of nitrogens with one attached hydrogen (secondary N) is 6. The molecule has 5 heterocycles. The lowest BCUT2D eigenvalue weighted by molar-refractivity contribution is -0.239. The summed E-state index contributed by atoms with van der Waals surface area (Å²) in [6, 6.07) is -0.706. The average Bonchev–Trinajstić information content (AvgIpc) is 3.85. The molecule has 63 heavy (non-hydrogen) atoms. The van der Waals surface area contributed by atoms with Crippen molar-refractivity contribution in [2.75, 3.05) is 25.5 Å². The molecule has 4 saturated heterocycles. The topological polar surface area (TPSA) is 394 Å². The summed E-state index contributed by atoms with van der Waals surface area (Å²) in [7, 11) is -11.4. The number of phosphoric acid groups is 2. The number of esters is 1. The number of carbonyl (C=O) groups excluding carboxylic acids is 4. The summed E-state index contributed by atoms with van der Waals surface area (Å²) in [5, 5.41) is 50.5. The number of rotatable bonds is 23. The van der Waals surface area contributed by atoms with Crippen molar-refractivity contribution >= 4 is 51.2 Å². The molecule has 0 radical (unpaired) electrons. The number of nitrogens with zero attached hydrogens (tertiary/aromatic N) is 1. The molecule has 2 unspecified atom stereocenters. The first-order valence-corrected chi connectivity index (χ1v) is 23.9. The number of H-pyrrole nitrogens is 1. The Morgan fingerprint density at radius 1 is 0.921 bits per heavy atom. The molecule has 4 aliphatic heterocycles. The van der Waals surface area contributed by atoms with E-state index in [9.17, 15) is 68.1 Å². The molecule has 0 aromatic carbocycles. The highest BCUT2D eigenvalue weighted by atomic mass is 32.2. The molecular formula is C33H53N7O20P2S. The lowest BCUT2D eigenvalue weighted by Crippen LogP contribution is -2.65. The first kappa shape index (κ1) is 50.7. The van der Waals surface area contributed by atoms with Crippen LogP contribution >= 0.6 is 27.4 Å². The number of urea groups is 1. The number of aromatic amines is 1. The van der Waals surface area contributed by atoms with Crippen LogP contribution in [0.2, 0.25) is 0 Å². The number of hydrazine groups is 1. The highest BCUT2D eigenvalue weighted by Gasteiger charge is 2.50. The summed E-state index contributed by atoms with van der Waals surface area (Å²) in [6.45, 7) is -0.331.